The van der Waals surface area contributed by atoms with E-state index < -0.39 is 31.9 Å². The van der Waals surface area contributed by atoms with Crippen LogP contribution in [0.3, 0.4) is 0 Å². The van der Waals surface area contributed by atoms with Gasteiger partial charge in [0, 0.05) is 17.0 Å². The third kappa shape index (κ3) is 8.61. The van der Waals surface area contributed by atoms with Gasteiger partial charge in [0.25, 0.3) is 5.91 Å². The molecule has 1 aliphatic heterocycles. The fourth-order valence-corrected chi connectivity index (χ4v) is 8.28. The van der Waals surface area contributed by atoms with Crippen LogP contribution in [0.5, 0.6) is 17.2 Å². The smallest absolute Gasteiger partial charge is 0.497 e. The SMILES string of the molecule is COc1ccc(C(OCC2OC(n3cnc4c(NC(=O)c5ccccc5)ncnc43)CC2OP(=O)(O)Oc2ccc(Cl)cc2)(c2ccccc2)c2ccc(OC)cc2)cc1. The number of halogens is 1. The molecule has 5 aromatic carbocycles. The summed E-state index contributed by atoms with van der Waals surface area (Å²) in [5.41, 5.74) is 2.20. The first-order chi connectivity index (χ1) is 29.2. The van der Waals surface area contributed by atoms with Gasteiger partial charge < -0.3 is 28.8 Å². The van der Waals surface area contributed by atoms with E-state index in [1.54, 1.807) is 43.1 Å². The maximum atomic E-state index is 13.7. The Kier molecular flexibility index (Phi) is 11.9. The Balaban J connectivity index is 1.16. The van der Waals surface area contributed by atoms with E-state index in [2.05, 4.69) is 20.3 Å². The van der Waals surface area contributed by atoms with Gasteiger partial charge in [0.05, 0.1) is 27.2 Å². The highest BCUT2D eigenvalue weighted by atomic mass is 35.5. The number of imidazole rings is 1. The highest BCUT2D eigenvalue weighted by Crippen LogP contribution is 2.50. The molecule has 1 aliphatic rings. The molecule has 16 heteroatoms. The summed E-state index contributed by atoms with van der Waals surface area (Å²) >= 11 is 6.04. The van der Waals surface area contributed by atoms with Gasteiger partial charge in [-0.3, -0.25) is 18.8 Å². The maximum absolute atomic E-state index is 13.7. The zero-order valence-corrected chi connectivity index (χ0v) is 34.0. The molecule has 7 aromatic rings. The third-order valence-corrected chi connectivity index (χ3v) is 11.3. The number of nitrogens with zero attached hydrogens (tertiary/aromatic N) is 4. The predicted molar refractivity (Wildman–Crippen MR) is 223 cm³/mol. The minimum absolute atomic E-state index is 0.0487. The monoisotopic (exact) mass is 847 g/mol. The largest absolute Gasteiger partial charge is 0.527 e. The van der Waals surface area contributed by atoms with Crippen molar-refractivity contribution in [1.82, 2.24) is 19.5 Å². The van der Waals surface area contributed by atoms with Gasteiger partial charge in [-0.15, -0.1) is 0 Å². The average molecular weight is 848 g/mol. The second-order valence-corrected chi connectivity index (χ2v) is 15.5. The molecule has 14 nitrogen and oxygen atoms in total. The molecule has 2 aromatic heterocycles. The van der Waals surface area contributed by atoms with E-state index in [4.69, 9.17) is 39.6 Å². The quantitative estimate of drug-likeness (QED) is 0.0747. The van der Waals surface area contributed by atoms with Crippen molar-refractivity contribution in [3.05, 3.63) is 173 Å². The Labute approximate surface area is 350 Å². The molecule has 8 rings (SSSR count). The zero-order valence-electron chi connectivity index (χ0n) is 32.3. The lowest BCUT2D eigenvalue weighted by Gasteiger charge is -2.37. The lowest BCUT2D eigenvalue weighted by molar-refractivity contribution is -0.0919. The van der Waals surface area contributed by atoms with Crippen LogP contribution in [-0.2, 0) is 24.2 Å². The molecule has 1 saturated heterocycles. The number of phosphoric acid groups is 1. The highest BCUT2D eigenvalue weighted by molar-refractivity contribution is 7.47. The second-order valence-electron chi connectivity index (χ2n) is 13.7. The molecular weight excluding hydrogens is 809 g/mol. The van der Waals surface area contributed by atoms with Crippen molar-refractivity contribution >= 4 is 42.3 Å². The van der Waals surface area contributed by atoms with Gasteiger partial charge in [-0.25, -0.2) is 19.5 Å². The second kappa shape index (κ2) is 17.6. The number of nitrogens with one attached hydrogen (secondary N) is 1. The molecular formula is C44H39ClN5O9P. The molecule has 60 heavy (non-hydrogen) atoms. The highest BCUT2D eigenvalue weighted by Gasteiger charge is 2.46. The molecule has 0 bridgehead atoms. The van der Waals surface area contributed by atoms with Gasteiger partial charge in [0.2, 0.25) is 0 Å². The number of phosphoric ester groups is 1. The van der Waals surface area contributed by atoms with E-state index in [1.807, 2.05) is 84.9 Å². The summed E-state index contributed by atoms with van der Waals surface area (Å²) in [7, 11) is -1.59. The van der Waals surface area contributed by atoms with Gasteiger partial charge in [-0.05, 0) is 77.4 Å². The number of hydrogen-bond acceptors (Lipinski definition) is 11. The summed E-state index contributed by atoms with van der Waals surface area (Å²) in [4.78, 5) is 37.5. The molecule has 0 aliphatic carbocycles. The number of anilines is 1. The van der Waals surface area contributed by atoms with Crippen molar-refractivity contribution in [2.75, 3.05) is 26.1 Å². The van der Waals surface area contributed by atoms with Crippen molar-refractivity contribution in [2.45, 2.75) is 30.5 Å². The lowest BCUT2D eigenvalue weighted by Crippen LogP contribution is -2.38. The molecule has 0 saturated carbocycles. The Morgan fingerprint density at radius 1 is 0.817 bits per heavy atom. The number of aromatic nitrogens is 4. The molecule has 306 valence electrons. The van der Waals surface area contributed by atoms with Crippen LogP contribution < -0.4 is 19.3 Å². The summed E-state index contributed by atoms with van der Waals surface area (Å²) in [6.45, 7) is -0.144. The number of hydrogen-bond donors (Lipinski definition) is 2. The standard InChI is InChI=1S/C44H39ClN5O9P/c1-54-34-19-13-31(14-20-34)44(30-11-7-4-8-12-30,32-15-21-35(55-2)22-16-32)56-26-38-37(59-60(52,53)58-36-23-17-33(45)18-24-36)25-39(57-38)50-28-48-40-41(46-27-47-42(40)50)49-43(51)29-9-5-3-6-10-29/h3-24,27-28,37-39H,25-26H2,1-2H3,(H,52,53)(H,46,47,49,51). The number of methoxy groups -OCH3 is 2. The van der Waals surface area contributed by atoms with Crippen LogP contribution in [0.2, 0.25) is 5.02 Å². The first-order valence-electron chi connectivity index (χ1n) is 18.8. The summed E-state index contributed by atoms with van der Waals surface area (Å²) in [6.07, 6.45) is 0.0197. The first kappa shape index (κ1) is 40.7. The van der Waals surface area contributed by atoms with Crippen LogP contribution >= 0.6 is 19.4 Å². The molecule has 4 unspecified atom stereocenters. The Morgan fingerprint density at radius 2 is 1.40 bits per heavy atom. The van der Waals surface area contributed by atoms with E-state index >= 15 is 0 Å². The fraction of sp³-hybridized carbons (Fsp3) is 0.182. The number of rotatable bonds is 15. The zero-order chi connectivity index (χ0) is 41.7. The Morgan fingerprint density at radius 3 is 2.02 bits per heavy atom. The van der Waals surface area contributed by atoms with Crippen LogP contribution in [0.15, 0.2) is 146 Å². The van der Waals surface area contributed by atoms with Crippen LogP contribution in [-0.4, -0.2) is 63.4 Å². The lowest BCUT2D eigenvalue weighted by atomic mass is 9.80. The van der Waals surface area contributed by atoms with E-state index in [0.717, 1.165) is 16.7 Å². The van der Waals surface area contributed by atoms with Crippen molar-refractivity contribution < 1.29 is 42.2 Å². The fourth-order valence-electron chi connectivity index (χ4n) is 7.16. The maximum Gasteiger partial charge on any atom is 0.527 e. The number of ether oxygens (including phenoxy) is 4. The van der Waals surface area contributed by atoms with Crippen LogP contribution in [0.4, 0.5) is 5.82 Å². The van der Waals surface area contributed by atoms with Crippen LogP contribution in [0, 0.1) is 0 Å². The van der Waals surface area contributed by atoms with Gasteiger partial charge in [-0.2, -0.15) is 0 Å². The Hall–Kier alpha value is -6.12. The van der Waals surface area contributed by atoms with Crippen molar-refractivity contribution in [2.24, 2.45) is 0 Å². The van der Waals surface area contributed by atoms with E-state index in [-0.39, 0.29) is 30.5 Å². The summed E-state index contributed by atoms with van der Waals surface area (Å²) < 4.78 is 51.6. The van der Waals surface area contributed by atoms with Crippen LogP contribution in [0.1, 0.15) is 39.7 Å². The molecule has 2 N–H and O–H groups in total. The number of carbonyl (C=O) groups excluding carboxylic acids is 1. The normalized spacial score (nSPS) is 17.5. The van der Waals surface area contributed by atoms with Crippen molar-refractivity contribution in [3.63, 3.8) is 0 Å². The predicted octanol–water partition coefficient (Wildman–Crippen LogP) is 8.61. The van der Waals surface area contributed by atoms with E-state index in [0.29, 0.717) is 33.2 Å². The van der Waals surface area contributed by atoms with Crippen molar-refractivity contribution in [1.29, 1.82) is 0 Å². The topological polar surface area (TPSA) is 165 Å². The van der Waals surface area contributed by atoms with E-state index in [1.165, 1.54) is 36.9 Å². The molecule has 1 amide bonds. The number of amides is 1. The van der Waals surface area contributed by atoms with Gasteiger partial charge in [-0.1, -0.05) is 84.4 Å². The number of benzene rings is 5. The minimum Gasteiger partial charge on any atom is -0.497 e. The number of fused-ring (bicyclic) bond motifs is 1. The molecule has 3 heterocycles. The first-order valence-corrected chi connectivity index (χ1v) is 20.7. The van der Waals surface area contributed by atoms with Gasteiger partial charge in [0.1, 0.15) is 47.6 Å². The molecule has 0 spiro atoms. The summed E-state index contributed by atoms with van der Waals surface area (Å²) in [5, 5.41) is 3.24. The summed E-state index contributed by atoms with van der Waals surface area (Å²) in [5.74, 6) is 1.22. The average Bonchev–Trinajstić information content (AvgIpc) is 3.90. The van der Waals surface area contributed by atoms with Crippen molar-refractivity contribution in [3.8, 4) is 17.2 Å². The van der Waals surface area contributed by atoms with Gasteiger partial charge >= 0.3 is 7.82 Å². The van der Waals surface area contributed by atoms with Gasteiger partial charge in [0.15, 0.2) is 17.0 Å². The minimum atomic E-state index is -4.78. The molecule has 4 atom stereocenters. The Bertz CT molecular complexity index is 2550. The van der Waals surface area contributed by atoms with E-state index in [9.17, 15) is 14.3 Å². The molecule has 1 fully saturated rings. The van der Waals surface area contributed by atoms with Crippen LogP contribution in [0.25, 0.3) is 11.2 Å². The molecule has 0 radical (unpaired) electrons. The third-order valence-electron chi connectivity index (χ3n) is 10.1. The number of carbonyl (C=O) groups is 1. The summed E-state index contributed by atoms with van der Waals surface area (Å²) in [6, 6.07) is 39.5.